The van der Waals surface area contributed by atoms with Crippen molar-refractivity contribution >= 4 is 43.4 Å². The lowest BCUT2D eigenvalue weighted by molar-refractivity contribution is 0.596. The third-order valence-corrected chi connectivity index (χ3v) is 6.00. The summed E-state index contributed by atoms with van der Waals surface area (Å²) in [6, 6.07) is 25.8. The molecule has 0 fully saturated rings. The molecule has 5 aromatic carbocycles. The average molecular weight is 375 g/mol. The Kier molecular flexibility index (Phi) is 3.18. The van der Waals surface area contributed by atoms with Crippen LogP contribution < -0.4 is 0 Å². The van der Waals surface area contributed by atoms with E-state index in [1.807, 2.05) is 24.3 Å². The molecule has 0 amide bonds. The predicted octanol–water partition coefficient (Wildman–Crippen LogP) is 7.69. The maximum absolute atomic E-state index is 6.11. The first kappa shape index (κ1) is 16.6. The van der Waals surface area contributed by atoms with E-state index in [-0.39, 0.29) is 5.41 Å². The van der Waals surface area contributed by atoms with Gasteiger partial charge in [0.25, 0.3) is 0 Å². The summed E-state index contributed by atoms with van der Waals surface area (Å²) < 4.78 is 6.11. The largest absolute Gasteiger partial charge is 0.436 e. The molecule has 0 atom stereocenters. The van der Waals surface area contributed by atoms with Gasteiger partial charge in [-0.1, -0.05) is 75.4 Å². The molecular formula is C27H21NO. The Morgan fingerprint density at radius 1 is 0.690 bits per heavy atom. The van der Waals surface area contributed by atoms with E-state index in [4.69, 9.17) is 9.40 Å². The molecule has 1 heterocycles. The third-order valence-electron chi connectivity index (χ3n) is 6.00. The highest BCUT2D eigenvalue weighted by atomic mass is 16.3. The highest BCUT2D eigenvalue weighted by Gasteiger charge is 2.21. The topological polar surface area (TPSA) is 26.0 Å². The zero-order chi connectivity index (χ0) is 19.8. The van der Waals surface area contributed by atoms with Crippen LogP contribution in [0.1, 0.15) is 26.3 Å². The van der Waals surface area contributed by atoms with E-state index in [9.17, 15) is 0 Å². The lowest BCUT2D eigenvalue weighted by Crippen LogP contribution is -2.11. The van der Waals surface area contributed by atoms with E-state index in [0.717, 1.165) is 16.7 Å². The molecule has 0 aliphatic heterocycles. The molecule has 1 aromatic heterocycles. The predicted molar refractivity (Wildman–Crippen MR) is 122 cm³/mol. The van der Waals surface area contributed by atoms with Gasteiger partial charge >= 0.3 is 0 Å². The van der Waals surface area contributed by atoms with Crippen LogP contribution in [0.5, 0.6) is 0 Å². The van der Waals surface area contributed by atoms with Gasteiger partial charge < -0.3 is 4.42 Å². The van der Waals surface area contributed by atoms with E-state index in [1.165, 1.54) is 37.9 Å². The van der Waals surface area contributed by atoms with Crippen LogP contribution >= 0.6 is 0 Å². The van der Waals surface area contributed by atoms with Crippen LogP contribution in [-0.4, -0.2) is 4.98 Å². The van der Waals surface area contributed by atoms with Crippen LogP contribution in [0, 0.1) is 0 Å². The normalized spacial score (nSPS) is 12.7. The Labute approximate surface area is 169 Å². The Morgan fingerprint density at radius 2 is 1.34 bits per heavy atom. The van der Waals surface area contributed by atoms with Gasteiger partial charge in [0, 0.05) is 5.56 Å². The highest BCUT2D eigenvalue weighted by molar-refractivity contribution is 6.25. The fourth-order valence-corrected chi connectivity index (χ4v) is 4.63. The number of hydrogen-bond donors (Lipinski definition) is 0. The summed E-state index contributed by atoms with van der Waals surface area (Å²) in [4.78, 5) is 4.76. The molecule has 0 unspecified atom stereocenters. The van der Waals surface area contributed by atoms with Gasteiger partial charge in [0.1, 0.15) is 5.52 Å². The number of oxazole rings is 1. The van der Waals surface area contributed by atoms with Crippen LogP contribution in [0.2, 0.25) is 0 Å². The monoisotopic (exact) mass is 375 g/mol. The van der Waals surface area contributed by atoms with Crippen molar-refractivity contribution in [2.75, 3.05) is 0 Å². The summed E-state index contributed by atoms with van der Waals surface area (Å²) in [5.74, 6) is 0.681. The van der Waals surface area contributed by atoms with Gasteiger partial charge in [-0.15, -0.1) is 0 Å². The summed E-state index contributed by atoms with van der Waals surface area (Å²) in [7, 11) is 0. The molecule has 29 heavy (non-hydrogen) atoms. The van der Waals surface area contributed by atoms with Crippen molar-refractivity contribution in [3.05, 3.63) is 78.4 Å². The third kappa shape index (κ3) is 2.32. The summed E-state index contributed by atoms with van der Waals surface area (Å²) in [5, 5.41) is 7.70. The summed E-state index contributed by atoms with van der Waals surface area (Å²) in [5.41, 5.74) is 4.23. The fourth-order valence-electron chi connectivity index (χ4n) is 4.63. The van der Waals surface area contributed by atoms with Gasteiger partial charge in [-0.05, 0) is 61.5 Å². The van der Waals surface area contributed by atoms with Crippen LogP contribution in [-0.2, 0) is 5.41 Å². The molecule has 0 spiro atoms. The van der Waals surface area contributed by atoms with E-state index < -0.39 is 0 Å². The molecule has 0 aliphatic rings. The minimum Gasteiger partial charge on any atom is -0.436 e. The van der Waals surface area contributed by atoms with Crippen molar-refractivity contribution in [1.29, 1.82) is 0 Å². The number of fused-ring (bicyclic) bond motifs is 1. The molecule has 0 bridgehead atoms. The zero-order valence-corrected chi connectivity index (χ0v) is 16.8. The fraction of sp³-hybridized carbons (Fsp3) is 0.148. The first-order valence-electron chi connectivity index (χ1n) is 10.1. The standard InChI is InChI=1S/C27H21NO/c1-27(2,3)21-15-11-17-8-12-18-19(26-28-22-6-4-5-7-23(22)29-26)13-9-16-10-14-20(21)25(17)24(16)18/h4-15H,1-3H3. The van der Waals surface area contributed by atoms with E-state index in [1.54, 1.807) is 0 Å². The maximum atomic E-state index is 6.11. The lowest BCUT2D eigenvalue weighted by Gasteiger charge is -2.23. The smallest absolute Gasteiger partial charge is 0.227 e. The second-order valence-corrected chi connectivity index (χ2v) is 8.89. The Hall–Kier alpha value is -3.39. The molecule has 140 valence electrons. The maximum Gasteiger partial charge on any atom is 0.227 e. The van der Waals surface area contributed by atoms with E-state index >= 15 is 0 Å². The van der Waals surface area contributed by atoms with Crippen molar-refractivity contribution in [3.8, 4) is 11.5 Å². The van der Waals surface area contributed by atoms with Crippen LogP contribution in [0.4, 0.5) is 0 Å². The summed E-state index contributed by atoms with van der Waals surface area (Å²) >= 11 is 0. The van der Waals surface area contributed by atoms with Crippen LogP contribution in [0.15, 0.2) is 77.2 Å². The van der Waals surface area contributed by atoms with Crippen LogP contribution in [0.25, 0.3) is 54.9 Å². The number of para-hydroxylation sites is 2. The first-order valence-corrected chi connectivity index (χ1v) is 10.1. The van der Waals surface area contributed by atoms with Crippen molar-refractivity contribution in [2.24, 2.45) is 0 Å². The summed E-state index contributed by atoms with van der Waals surface area (Å²) in [6.07, 6.45) is 0. The highest BCUT2D eigenvalue weighted by Crippen LogP contribution is 2.42. The quantitative estimate of drug-likeness (QED) is 0.275. The molecule has 6 aromatic rings. The minimum absolute atomic E-state index is 0.0887. The molecule has 0 aliphatic carbocycles. The van der Waals surface area contributed by atoms with Gasteiger partial charge in [0.2, 0.25) is 5.89 Å². The Morgan fingerprint density at radius 3 is 2.10 bits per heavy atom. The molecule has 0 N–H and O–H groups in total. The first-order chi connectivity index (χ1) is 14.0. The van der Waals surface area contributed by atoms with E-state index in [0.29, 0.717) is 5.89 Å². The van der Waals surface area contributed by atoms with Gasteiger partial charge in [-0.3, -0.25) is 0 Å². The Balaban J connectivity index is 1.75. The van der Waals surface area contributed by atoms with Crippen molar-refractivity contribution in [2.45, 2.75) is 26.2 Å². The number of benzene rings is 5. The van der Waals surface area contributed by atoms with Gasteiger partial charge in [-0.2, -0.15) is 0 Å². The Bertz CT molecular complexity index is 1500. The van der Waals surface area contributed by atoms with Crippen LogP contribution in [0.3, 0.4) is 0 Å². The van der Waals surface area contributed by atoms with Gasteiger partial charge in [-0.25, -0.2) is 4.98 Å². The number of nitrogens with zero attached hydrogens (tertiary/aromatic N) is 1. The van der Waals surface area contributed by atoms with Crippen molar-refractivity contribution < 1.29 is 4.42 Å². The average Bonchev–Trinajstić information content (AvgIpc) is 3.15. The van der Waals surface area contributed by atoms with Crippen molar-refractivity contribution in [1.82, 2.24) is 4.98 Å². The number of hydrogen-bond acceptors (Lipinski definition) is 2. The SMILES string of the molecule is CC(C)(C)c1ccc2ccc3c(-c4nc5ccccc5o4)ccc4ccc1c2c43. The molecule has 2 nitrogen and oxygen atoms in total. The second kappa shape index (κ2) is 5.57. The molecule has 2 heteroatoms. The molecule has 0 saturated carbocycles. The lowest BCUT2D eigenvalue weighted by atomic mass is 9.81. The number of rotatable bonds is 1. The molecule has 0 saturated heterocycles. The van der Waals surface area contributed by atoms with Gasteiger partial charge in [0.15, 0.2) is 5.58 Å². The zero-order valence-electron chi connectivity index (χ0n) is 16.8. The minimum atomic E-state index is 0.0887. The molecule has 0 radical (unpaired) electrons. The molecule has 6 rings (SSSR count). The number of aromatic nitrogens is 1. The summed E-state index contributed by atoms with van der Waals surface area (Å²) in [6.45, 7) is 6.84. The van der Waals surface area contributed by atoms with E-state index in [2.05, 4.69) is 69.3 Å². The van der Waals surface area contributed by atoms with Gasteiger partial charge in [0.05, 0.1) is 0 Å². The van der Waals surface area contributed by atoms with Crippen molar-refractivity contribution in [3.63, 3.8) is 0 Å². The second-order valence-electron chi connectivity index (χ2n) is 8.89. The molecular weight excluding hydrogens is 354 g/mol.